The topological polar surface area (TPSA) is 0 Å². The lowest BCUT2D eigenvalue weighted by molar-refractivity contribution is 0.224. The molecule has 0 nitrogen and oxygen atoms in total. The molecule has 0 aromatic heterocycles. The van der Waals surface area contributed by atoms with Gasteiger partial charge in [0.1, 0.15) is 0 Å². The summed E-state index contributed by atoms with van der Waals surface area (Å²) in [7, 11) is 0. The molecule has 2 fully saturated rings. The van der Waals surface area contributed by atoms with Crippen LogP contribution < -0.4 is 0 Å². The number of hydrogen-bond acceptors (Lipinski definition) is 0. The summed E-state index contributed by atoms with van der Waals surface area (Å²) < 4.78 is 0. The molecule has 0 N–H and O–H groups in total. The van der Waals surface area contributed by atoms with Gasteiger partial charge in [-0.05, 0) is 49.5 Å². The average Bonchev–Trinajstić information content (AvgIpc) is 2.40. The van der Waals surface area contributed by atoms with Crippen LogP contribution in [0.15, 0.2) is 35.9 Å². The SMILES string of the molecule is C(=C1/CCCC2CCCCC12)/c1ccccc1. The molecule has 3 rings (SSSR count). The third-order valence-corrected chi connectivity index (χ3v) is 4.58. The van der Waals surface area contributed by atoms with Gasteiger partial charge in [0.2, 0.25) is 0 Å². The van der Waals surface area contributed by atoms with Gasteiger partial charge in [-0.25, -0.2) is 0 Å². The van der Waals surface area contributed by atoms with Crippen LogP contribution in [-0.4, -0.2) is 0 Å². The molecule has 0 heteroatoms. The van der Waals surface area contributed by atoms with Crippen molar-refractivity contribution in [3.8, 4) is 0 Å². The second-order valence-corrected chi connectivity index (χ2v) is 5.67. The highest BCUT2D eigenvalue weighted by atomic mass is 14.4. The van der Waals surface area contributed by atoms with Crippen LogP contribution in [0.3, 0.4) is 0 Å². The van der Waals surface area contributed by atoms with Crippen LogP contribution in [0.25, 0.3) is 6.08 Å². The summed E-state index contributed by atoms with van der Waals surface area (Å²) in [4.78, 5) is 0. The van der Waals surface area contributed by atoms with Crippen LogP contribution in [-0.2, 0) is 0 Å². The Kier molecular flexibility index (Phi) is 3.31. The van der Waals surface area contributed by atoms with Gasteiger partial charge in [-0.15, -0.1) is 0 Å². The minimum atomic E-state index is 0.915. The van der Waals surface area contributed by atoms with E-state index < -0.39 is 0 Å². The smallest absolute Gasteiger partial charge is 0.0172 e. The van der Waals surface area contributed by atoms with Crippen molar-refractivity contribution in [3.63, 3.8) is 0 Å². The molecule has 2 unspecified atom stereocenters. The molecule has 2 atom stereocenters. The number of hydrogen-bond donors (Lipinski definition) is 0. The Morgan fingerprint density at radius 1 is 0.882 bits per heavy atom. The molecule has 0 radical (unpaired) electrons. The zero-order valence-corrected chi connectivity index (χ0v) is 10.6. The lowest BCUT2D eigenvalue weighted by Gasteiger charge is -2.37. The Balaban J connectivity index is 1.83. The second kappa shape index (κ2) is 5.08. The van der Waals surface area contributed by atoms with E-state index in [9.17, 15) is 0 Å². The van der Waals surface area contributed by atoms with Gasteiger partial charge in [0.05, 0.1) is 0 Å². The molecular formula is C17H22. The highest BCUT2D eigenvalue weighted by molar-refractivity contribution is 5.53. The molecule has 0 spiro atoms. The summed E-state index contributed by atoms with van der Waals surface area (Å²) >= 11 is 0. The quantitative estimate of drug-likeness (QED) is 0.628. The fourth-order valence-electron chi connectivity index (χ4n) is 3.74. The highest BCUT2D eigenvalue weighted by Crippen LogP contribution is 2.43. The van der Waals surface area contributed by atoms with E-state index in [1.165, 1.54) is 50.5 Å². The summed E-state index contributed by atoms with van der Waals surface area (Å²) in [5.74, 6) is 1.92. The fourth-order valence-corrected chi connectivity index (χ4v) is 3.74. The van der Waals surface area contributed by atoms with Crippen molar-refractivity contribution in [3.05, 3.63) is 41.5 Å². The van der Waals surface area contributed by atoms with Gasteiger partial charge in [0.25, 0.3) is 0 Å². The predicted octanol–water partition coefficient (Wildman–Crippen LogP) is 5.06. The summed E-state index contributed by atoms with van der Waals surface area (Å²) in [5.41, 5.74) is 3.14. The maximum Gasteiger partial charge on any atom is -0.0172 e. The van der Waals surface area contributed by atoms with Gasteiger partial charge in [-0.3, -0.25) is 0 Å². The van der Waals surface area contributed by atoms with Crippen molar-refractivity contribution in [2.75, 3.05) is 0 Å². The van der Waals surface area contributed by atoms with E-state index in [0.717, 1.165) is 11.8 Å². The van der Waals surface area contributed by atoms with E-state index in [2.05, 4.69) is 36.4 Å². The van der Waals surface area contributed by atoms with Crippen LogP contribution >= 0.6 is 0 Å². The van der Waals surface area contributed by atoms with Crippen LogP contribution in [0.4, 0.5) is 0 Å². The molecule has 2 saturated carbocycles. The van der Waals surface area contributed by atoms with Crippen LogP contribution in [0.1, 0.15) is 50.5 Å². The van der Waals surface area contributed by atoms with Gasteiger partial charge in [-0.1, -0.05) is 54.8 Å². The number of benzene rings is 1. The molecule has 2 aliphatic rings. The molecule has 0 heterocycles. The van der Waals surface area contributed by atoms with Gasteiger partial charge in [-0.2, -0.15) is 0 Å². The third kappa shape index (κ3) is 2.46. The summed E-state index contributed by atoms with van der Waals surface area (Å²) in [5, 5.41) is 0. The summed E-state index contributed by atoms with van der Waals surface area (Å²) in [6.45, 7) is 0. The van der Waals surface area contributed by atoms with Crippen LogP contribution in [0, 0.1) is 11.8 Å². The van der Waals surface area contributed by atoms with E-state index in [1.54, 1.807) is 5.57 Å². The van der Waals surface area contributed by atoms with Crippen LogP contribution in [0.2, 0.25) is 0 Å². The van der Waals surface area contributed by atoms with Crippen molar-refractivity contribution < 1.29 is 0 Å². The molecule has 17 heavy (non-hydrogen) atoms. The first kappa shape index (κ1) is 11.1. The van der Waals surface area contributed by atoms with Crippen molar-refractivity contribution in [2.45, 2.75) is 44.9 Å². The number of rotatable bonds is 1. The van der Waals surface area contributed by atoms with Crippen LogP contribution in [0.5, 0.6) is 0 Å². The fraction of sp³-hybridized carbons (Fsp3) is 0.529. The van der Waals surface area contributed by atoms with Crippen molar-refractivity contribution in [2.24, 2.45) is 11.8 Å². The van der Waals surface area contributed by atoms with E-state index >= 15 is 0 Å². The van der Waals surface area contributed by atoms with E-state index in [0.29, 0.717) is 0 Å². The van der Waals surface area contributed by atoms with Gasteiger partial charge < -0.3 is 0 Å². The van der Waals surface area contributed by atoms with Gasteiger partial charge >= 0.3 is 0 Å². The zero-order valence-electron chi connectivity index (χ0n) is 10.6. The van der Waals surface area contributed by atoms with E-state index in [4.69, 9.17) is 0 Å². The Morgan fingerprint density at radius 2 is 1.65 bits per heavy atom. The number of fused-ring (bicyclic) bond motifs is 1. The van der Waals surface area contributed by atoms with Gasteiger partial charge in [0, 0.05) is 0 Å². The molecule has 2 aliphatic carbocycles. The first-order chi connectivity index (χ1) is 8.43. The minimum Gasteiger partial charge on any atom is -0.0662 e. The summed E-state index contributed by atoms with van der Waals surface area (Å²) in [6, 6.07) is 10.9. The van der Waals surface area contributed by atoms with Gasteiger partial charge in [0.15, 0.2) is 0 Å². The zero-order chi connectivity index (χ0) is 11.5. The largest absolute Gasteiger partial charge is 0.0662 e. The number of allylic oxidation sites excluding steroid dienone is 1. The molecular weight excluding hydrogens is 204 g/mol. The molecule has 0 saturated heterocycles. The van der Waals surface area contributed by atoms with Crippen molar-refractivity contribution in [1.29, 1.82) is 0 Å². The maximum atomic E-state index is 2.47. The second-order valence-electron chi connectivity index (χ2n) is 5.67. The maximum absolute atomic E-state index is 2.47. The predicted molar refractivity (Wildman–Crippen MR) is 73.7 cm³/mol. The Morgan fingerprint density at radius 3 is 2.53 bits per heavy atom. The third-order valence-electron chi connectivity index (χ3n) is 4.58. The first-order valence-electron chi connectivity index (χ1n) is 7.19. The Hall–Kier alpha value is -1.04. The first-order valence-corrected chi connectivity index (χ1v) is 7.19. The molecule has 1 aromatic carbocycles. The van der Waals surface area contributed by atoms with E-state index in [-0.39, 0.29) is 0 Å². The van der Waals surface area contributed by atoms with Crippen molar-refractivity contribution in [1.82, 2.24) is 0 Å². The minimum absolute atomic E-state index is 0.915. The molecule has 0 amide bonds. The lowest BCUT2D eigenvalue weighted by atomic mass is 9.68. The normalized spacial score (nSPS) is 31.2. The van der Waals surface area contributed by atoms with Crippen molar-refractivity contribution >= 4 is 6.08 Å². The Bertz CT molecular complexity index is 386. The Labute approximate surface area is 105 Å². The molecule has 0 aliphatic heterocycles. The monoisotopic (exact) mass is 226 g/mol. The summed E-state index contributed by atoms with van der Waals surface area (Å²) in [6.07, 6.45) is 12.6. The standard InChI is InChI=1S/C17H22/c1-2-7-14(8-3-1)13-16-11-6-10-15-9-4-5-12-17(15)16/h1-3,7-8,13,15,17H,4-6,9-12H2/b16-13+. The molecule has 90 valence electrons. The molecule has 0 bridgehead atoms. The van der Waals surface area contributed by atoms with E-state index in [1.807, 2.05) is 0 Å². The highest BCUT2D eigenvalue weighted by Gasteiger charge is 2.30. The lowest BCUT2D eigenvalue weighted by Crippen LogP contribution is -2.25. The average molecular weight is 226 g/mol. The molecule has 1 aromatic rings.